The lowest BCUT2D eigenvalue weighted by molar-refractivity contribution is -0.136. The molecule has 1 rings (SSSR count). The van der Waals surface area contributed by atoms with Gasteiger partial charge >= 0.3 is 6.18 Å². The Labute approximate surface area is 95.2 Å². The summed E-state index contributed by atoms with van der Waals surface area (Å²) in [6.07, 6.45) is -3.46. The fraction of sp³-hybridized carbons (Fsp3) is 1.00. The predicted octanol–water partition coefficient (Wildman–Crippen LogP) is 2.40. The summed E-state index contributed by atoms with van der Waals surface area (Å²) in [5, 5.41) is 3.35. The first kappa shape index (κ1) is 13.8. The summed E-state index contributed by atoms with van der Waals surface area (Å²) in [6, 6.07) is 0.751. The average Bonchev–Trinajstić information content (AvgIpc) is 2.27. The molecule has 2 unspecified atom stereocenters. The van der Waals surface area contributed by atoms with Gasteiger partial charge in [-0.25, -0.2) is 0 Å². The molecule has 5 heteroatoms. The van der Waals surface area contributed by atoms with Gasteiger partial charge in [0.05, 0.1) is 0 Å². The summed E-state index contributed by atoms with van der Waals surface area (Å²) < 4.78 is 36.1. The second kappa shape index (κ2) is 5.87. The van der Waals surface area contributed by atoms with Crippen LogP contribution >= 0.6 is 0 Å². The lowest BCUT2D eigenvalue weighted by Gasteiger charge is -2.28. The summed E-state index contributed by atoms with van der Waals surface area (Å²) in [7, 11) is 0. The van der Waals surface area contributed by atoms with Crippen LogP contribution in [-0.2, 0) is 0 Å². The molecule has 0 amide bonds. The molecule has 16 heavy (non-hydrogen) atoms. The Hall–Kier alpha value is -0.290. The highest BCUT2D eigenvalue weighted by Gasteiger charge is 2.27. The van der Waals surface area contributed by atoms with E-state index in [2.05, 4.69) is 24.1 Å². The van der Waals surface area contributed by atoms with Crippen molar-refractivity contribution in [3.63, 3.8) is 0 Å². The number of alkyl halides is 3. The smallest absolute Gasteiger partial charge is 0.313 e. The summed E-state index contributed by atoms with van der Waals surface area (Å²) in [5.41, 5.74) is 0. The quantitative estimate of drug-likeness (QED) is 0.812. The summed E-state index contributed by atoms with van der Waals surface area (Å²) in [6.45, 7) is 6.52. The fourth-order valence-electron chi connectivity index (χ4n) is 2.11. The third kappa shape index (κ3) is 5.16. The Bertz CT molecular complexity index is 206. The van der Waals surface area contributed by atoms with Crippen LogP contribution in [-0.4, -0.2) is 42.8 Å². The molecule has 2 nitrogen and oxygen atoms in total. The molecule has 0 radical (unpaired) electrons. The molecule has 0 saturated carbocycles. The molecule has 0 aromatic heterocycles. The molecule has 0 bridgehead atoms. The van der Waals surface area contributed by atoms with Crippen LogP contribution in [0.15, 0.2) is 0 Å². The molecule has 0 aromatic rings. The van der Waals surface area contributed by atoms with Crippen LogP contribution < -0.4 is 5.32 Å². The first-order valence-corrected chi connectivity index (χ1v) is 5.92. The normalized spacial score (nSPS) is 29.1. The van der Waals surface area contributed by atoms with Gasteiger partial charge in [0.25, 0.3) is 0 Å². The van der Waals surface area contributed by atoms with Crippen LogP contribution in [0.1, 0.15) is 33.1 Å². The van der Waals surface area contributed by atoms with Gasteiger partial charge in [-0.05, 0) is 39.8 Å². The zero-order valence-electron chi connectivity index (χ0n) is 9.98. The first-order valence-electron chi connectivity index (χ1n) is 5.92. The van der Waals surface area contributed by atoms with Crippen LogP contribution in [0.4, 0.5) is 13.2 Å². The number of hydrogen-bond acceptors (Lipinski definition) is 2. The highest BCUT2D eigenvalue weighted by molar-refractivity contribution is 4.78. The van der Waals surface area contributed by atoms with Crippen molar-refractivity contribution in [2.45, 2.75) is 51.4 Å². The number of nitrogens with zero attached hydrogens (tertiary/aromatic N) is 1. The van der Waals surface area contributed by atoms with E-state index in [1.807, 2.05) is 0 Å². The maximum absolute atomic E-state index is 12.0. The van der Waals surface area contributed by atoms with E-state index in [0.29, 0.717) is 18.6 Å². The Morgan fingerprint density at radius 2 is 2.00 bits per heavy atom. The van der Waals surface area contributed by atoms with Gasteiger partial charge in [-0.1, -0.05) is 0 Å². The third-order valence-corrected chi connectivity index (χ3v) is 3.09. The molecular weight excluding hydrogens is 217 g/mol. The molecule has 0 aliphatic carbocycles. The van der Waals surface area contributed by atoms with Crippen molar-refractivity contribution >= 4 is 0 Å². The zero-order valence-corrected chi connectivity index (χ0v) is 9.98. The van der Waals surface area contributed by atoms with Crippen molar-refractivity contribution in [2.24, 2.45) is 0 Å². The fourth-order valence-corrected chi connectivity index (χ4v) is 2.11. The molecule has 0 aromatic carbocycles. The molecule has 1 fully saturated rings. The molecular formula is C11H21F3N2. The number of rotatable bonds is 3. The van der Waals surface area contributed by atoms with E-state index in [9.17, 15) is 13.2 Å². The number of nitrogens with one attached hydrogen (secondary N) is 1. The Morgan fingerprint density at radius 1 is 1.31 bits per heavy atom. The van der Waals surface area contributed by atoms with E-state index < -0.39 is 12.6 Å². The zero-order chi connectivity index (χ0) is 12.2. The van der Waals surface area contributed by atoms with Gasteiger partial charge in [-0.2, -0.15) is 13.2 Å². The Balaban J connectivity index is 2.32. The van der Waals surface area contributed by atoms with Gasteiger partial charge < -0.3 is 5.32 Å². The Kier molecular flexibility index (Phi) is 5.05. The summed E-state index contributed by atoms with van der Waals surface area (Å²) in [5.74, 6) is 0. The van der Waals surface area contributed by atoms with E-state index >= 15 is 0 Å². The minimum Gasteiger partial charge on any atom is -0.313 e. The van der Waals surface area contributed by atoms with Gasteiger partial charge in [0.2, 0.25) is 0 Å². The Morgan fingerprint density at radius 3 is 2.62 bits per heavy atom. The van der Waals surface area contributed by atoms with Crippen LogP contribution in [0.3, 0.4) is 0 Å². The number of hydrogen-bond donors (Lipinski definition) is 1. The maximum Gasteiger partial charge on any atom is 0.389 e. The standard InChI is InChI=1S/C11H21F3N2/c1-9-8-16(10(2)4-6-15-9)7-3-5-11(12,13)14/h9-10,15H,3-8H2,1-2H3. The van der Waals surface area contributed by atoms with Crippen molar-refractivity contribution < 1.29 is 13.2 Å². The maximum atomic E-state index is 12.0. The molecule has 1 N–H and O–H groups in total. The van der Waals surface area contributed by atoms with Crippen molar-refractivity contribution in [1.82, 2.24) is 10.2 Å². The summed E-state index contributed by atoms with van der Waals surface area (Å²) >= 11 is 0. The highest BCUT2D eigenvalue weighted by Crippen LogP contribution is 2.22. The van der Waals surface area contributed by atoms with E-state index in [0.717, 1.165) is 19.5 Å². The monoisotopic (exact) mass is 238 g/mol. The van der Waals surface area contributed by atoms with E-state index in [1.165, 1.54) is 0 Å². The van der Waals surface area contributed by atoms with Crippen LogP contribution in [0.25, 0.3) is 0 Å². The lowest BCUT2D eigenvalue weighted by Crippen LogP contribution is -2.39. The third-order valence-electron chi connectivity index (χ3n) is 3.09. The van der Waals surface area contributed by atoms with E-state index in [-0.39, 0.29) is 6.42 Å². The molecule has 96 valence electrons. The second-order valence-electron chi connectivity index (χ2n) is 4.71. The van der Waals surface area contributed by atoms with Crippen LogP contribution in [0, 0.1) is 0 Å². The average molecular weight is 238 g/mol. The largest absolute Gasteiger partial charge is 0.389 e. The van der Waals surface area contributed by atoms with Crippen molar-refractivity contribution in [3.8, 4) is 0 Å². The molecule has 1 heterocycles. The van der Waals surface area contributed by atoms with Gasteiger partial charge in [0.15, 0.2) is 0 Å². The second-order valence-corrected chi connectivity index (χ2v) is 4.71. The predicted molar refractivity (Wildman–Crippen MR) is 58.4 cm³/mol. The summed E-state index contributed by atoms with van der Waals surface area (Å²) in [4.78, 5) is 2.16. The lowest BCUT2D eigenvalue weighted by atomic mass is 10.2. The van der Waals surface area contributed by atoms with Gasteiger partial charge in [0.1, 0.15) is 0 Å². The molecule has 1 saturated heterocycles. The van der Waals surface area contributed by atoms with E-state index in [4.69, 9.17) is 0 Å². The van der Waals surface area contributed by atoms with Crippen LogP contribution in [0.2, 0.25) is 0 Å². The first-order chi connectivity index (χ1) is 7.38. The van der Waals surface area contributed by atoms with Gasteiger partial charge in [-0.3, -0.25) is 4.90 Å². The highest BCUT2D eigenvalue weighted by atomic mass is 19.4. The van der Waals surface area contributed by atoms with Crippen molar-refractivity contribution in [1.29, 1.82) is 0 Å². The van der Waals surface area contributed by atoms with Crippen molar-refractivity contribution in [2.75, 3.05) is 19.6 Å². The van der Waals surface area contributed by atoms with Gasteiger partial charge in [-0.15, -0.1) is 0 Å². The number of halogens is 3. The molecule has 1 aliphatic rings. The minimum absolute atomic E-state index is 0.209. The topological polar surface area (TPSA) is 15.3 Å². The van der Waals surface area contributed by atoms with Crippen LogP contribution in [0.5, 0.6) is 0 Å². The van der Waals surface area contributed by atoms with Gasteiger partial charge in [0, 0.05) is 25.0 Å². The van der Waals surface area contributed by atoms with Crippen molar-refractivity contribution in [3.05, 3.63) is 0 Å². The molecule has 1 aliphatic heterocycles. The molecule has 0 spiro atoms. The SMILES string of the molecule is CC1CN(CCCC(F)(F)F)C(C)CCN1. The minimum atomic E-state index is -4.01. The van der Waals surface area contributed by atoms with E-state index in [1.54, 1.807) is 0 Å². The molecule has 2 atom stereocenters.